The van der Waals surface area contributed by atoms with Gasteiger partial charge in [0.15, 0.2) is 0 Å². The van der Waals surface area contributed by atoms with Gasteiger partial charge in [-0.3, -0.25) is 0 Å². The van der Waals surface area contributed by atoms with Crippen LogP contribution in [-0.2, 0) is 0 Å². The lowest BCUT2D eigenvalue weighted by atomic mass is 10.0. The molecule has 0 atom stereocenters. The van der Waals surface area contributed by atoms with Gasteiger partial charge in [-0.25, -0.2) is 0 Å². The molecule has 0 radical (unpaired) electrons. The molecular weight excluding hydrogens is 132 g/mol. The summed E-state index contributed by atoms with van der Waals surface area (Å²) in [7, 11) is 0. The zero-order chi connectivity index (χ0) is 6.69. The van der Waals surface area contributed by atoms with E-state index in [2.05, 4.69) is 6.58 Å². The van der Waals surface area contributed by atoms with Crippen LogP contribution in [0.1, 0.15) is 32.1 Å². The van der Waals surface area contributed by atoms with Crippen LogP contribution in [0.3, 0.4) is 0 Å². The molecule has 0 N–H and O–H groups in total. The molecule has 0 heterocycles. The minimum atomic E-state index is 0.835. The smallest absolute Gasteiger partial charge is 0.0112 e. The van der Waals surface area contributed by atoms with Crippen LogP contribution in [0.4, 0.5) is 0 Å². The van der Waals surface area contributed by atoms with Crippen molar-refractivity contribution >= 4 is 11.6 Å². The van der Waals surface area contributed by atoms with Crippen molar-refractivity contribution in [3.05, 3.63) is 11.6 Å². The third-order valence-electron chi connectivity index (χ3n) is 1.98. The van der Waals surface area contributed by atoms with E-state index in [0.717, 1.165) is 17.4 Å². The van der Waals surface area contributed by atoms with Crippen molar-refractivity contribution in [2.75, 3.05) is 0 Å². The van der Waals surface area contributed by atoms with Gasteiger partial charge in [0, 0.05) is 5.03 Å². The molecule has 0 nitrogen and oxygen atoms in total. The van der Waals surface area contributed by atoms with Gasteiger partial charge in [-0.15, -0.1) is 0 Å². The molecule has 0 aliphatic heterocycles. The van der Waals surface area contributed by atoms with Crippen molar-refractivity contribution in [1.82, 2.24) is 0 Å². The number of allylic oxidation sites excluding steroid dienone is 1. The summed E-state index contributed by atoms with van der Waals surface area (Å²) in [4.78, 5) is 0. The molecule has 9 heavy (non-hydrogen) atoms. The summed E-state index contributed by atoms with van der Waals surface area (Å²) in [5, 5.41) is 0.835. The molecule has 1 fully saturated rings. The summed E-state index contributed by atoms with van der Waals surface area (Å²) in [6.45, 7) is 3.68. The van der Waals surface area contributed by atoms with Gasteiger partial charge in [0.05, 0.1) is 0 Å². The fourth-order valence-corrected chi connectivity index (χ4v) is 1.75. The van der Waals surface area contributed by atoms with E-state index in [1.807, 2.05) is 0 Å². The molecule has 0 amide bonds. The first-order chi connectivity index (χ1) is 4.29. The first-order valence-corrected chi connectivity index (χ1v) is 4.00. The molecular formula is C8H13Cl. The summed E-state index contributed by atoms with van der Waals surface area (Å²) < 4.78 is 0. The van der Waals surface area contributed by atoms with E-state index in [9.17, 15) is 0 Å². The molecule has 0 aromatic rings. The van der Waals surface area contributed by atoms with E-state index in [1.165, 1.54) is 25.7 Å². The normalized spacial score (nSPS) is 20.6. The van der Waals surface area contributed by atoms with E-state index in [1.54, 1.807) is 0 Å². The minimum Gasteiger partial charge on any atom is -0.0898 e. The molecule has 0 bridgehead atoms. The average Bonchev–Trinajstić information content (AvgIpc) is 2.15. The number of hydrogen-bond donors (Lipinski definition) is 0. The maximum Gasteiger partial charge on any atom is 0.0112 e. The predicted molar refractivity (Wildman–Crippen MR) is 41.6 cm³/mol. The van der Waals surface area contributed by atoms with Gasteiger partial charge < -0.3 is 0 Å². The Morgan fingerprint density at radius 1 is 1.44 bits per heavy atom. The van der Waals surface area contributed by atoms with E-state index >= 15 is 0 Å². The van der Waals surface area contributed by atoms with Crippen molar-refractivity contribution in [2.24, 2.45) is 5.92 Å². The van der Waals surface area contributed by atoms with Crippen LogP contribution in [0.15, 0.2) is 11.6 Å². The molecule has 0 unspecified atom stereocenters. The van der Waals surface area contributed by atoms with Crippen LogP contribution >= 0.6 is 11.6 Å². The molecule has 1 saturated carbocycles. The third-order valence-corrected chi connectivity index (χ3v) is 2.14. The number of halogens is 1. The van der Waals surface area contributed by atoms with Gasteiger partial charge in [0.2, 0.25) is 0 Å². The monoisotopic (exact) mass is 144 g/mol. The lowest BCUT2D eigenvalue weighted by Gasteiger charge is -2.04. The lowest BCUT2D eigenvalue weighted by molar-refractivity contribution is 0.554. The maximum absolute atomic E-state index is 5.66. The van der Waals surface area contributed by atoms with Crippen LogP contribution in [0.25, 0.3) is 0 Å². The lowest BCUT2D eigenvalue weighted by Crippen LogP contribution is -1.90. The topological polar surface area (TPSA) is 0 Å². The van der Waals surface area contributed by atoms with Crippen LogP contribution in [-0.4, -0.2) is 0 Å². The average molecular weight is 145 g/mol. The molecule has 1 aliphatic rings. The molecule has 0 saturated heterocycles. The zero-order valence-corrected chi connectivity index (χ0v) is 6.45. The Hall–Kier alpha value is 0.0300. The highest BCUT2D eigenvalue weighted by Gasteiger charge is 2.14. The van der Waals surface area contributed by atoms with E-state index in [0.29, 0.717) is 0 Å². The maximum atomic E-state index is 5.66. The number of hydrogen-bond acceptors (Lipinski definition) is 0. The van der Waals surface area contributed by atoms with Gasteiger partial charge in [0.1, 0.15) is 0 Å². The predicted octanol–water partition coefficient (Wildman–Crippen LogP) is 3.32. The molecule has 0 spiro atoms. The Kier molecular flexibility index (Phi) is 2.59. The van der Waals surface area contributed by atoms with Crippen molar-refractivity contribution in [1.29, 1.82) is 0 Å². The molecule has 1 heteroatoms. The van der Waals surface area contributed by atoms with E-state index < -0.39 is 0 Å². The molecule has 0 aromatic carbocycles. The van der Waals surface area contributed by atoms with Gasteiger partial charge in [0.25, 0.3) is 0 Å². The highest BCUT2D eigenvalue weighted by molar-refractivity contribution is 6.29. The highest BCUT2D eigenvalue weighted by atomic mass is 35.5. The van der Waals surface area contributed by atoms with E-state index in [4.69, 9.17) is 11.6 Å². The standard InChI is InChI=1S/C8H13Cl/c1-7(9)6-8-4-2-3-5-8/h8H,1-6H2. The van der Waals surface area contributed by atoms with Crippen LogP contribution < -0.4 is 0 Å². The fraction of sp³-hybridized carbons (Fsp3) is 0.750. The van der Waals surface area contributed by atoms with Crippen molar-refractivity contribution < 1.29 is 0 Å². The molecule has 52 valence electrons. The second-order valence-electron chi connectivity index (χ2n) is 2.87. The van der Waals surface area contributed by atoms with Crippen molar-refractivity contribution in [3.8, 4) is 0 Å². The first-order valence-electron chi connectivity index (χ1n) is 3.62. The van der Waals surface area contributed by atoms with Crippen LogP contribution in [0, 0.1) is 5.92 Å². The van der Waals surface area contributed by atoms with Gasteiger partial charge in [-0.05, 0) is 12.3 Å². The van der Waals surface area contributed by atoms with Crippen molar-refractivity contribution in [3.63, 3.8) is 0 Å². The largest absolute Gasteiger partial charge is 0.0898 e. The molecule has 1 aliphatic carbocycles. The summed E-state index contributed by atoms with van der Waals surface area (Å²) in [5.41, 5.74) is 0. The molecule has 0 aromatic heterocycles. The summed E-state index contributed by atoms with van der Waals surface area (Å²) in [6, 6.07) is 0. The molecule has 1 rings (SSSR count). The summed E-state index contributed by atoms with van der Waals surface area (Å²) in [6.07, 6.45) is 6.57. The summed E-state index contributed by atoms with van der Waals surface area (Å²) in [5.74, 6) is 0.856. The highest BCUT2D eigenvalue weighted by Crippen LogP contribution is 2.30. The van der Waals surface area contributed by atoms with Crippen LogP contribution in [0.2, 0.25) is 0 Å². The third kappa shape index (κ3) is 2.40. The first kappa shape index (κ1) is 7.14. The quantitative estimate of drug-likeness (QED) is 0.558. The Morgan fingerprint density at radius 3 is 2.44 bits per heavy atom. The SMILES string of the molecule is C=C(Cl)CC1CCCC1. The second-order valence-corrected chi connectivity index (χ2v) is 3.41. The van der Waals surface area contributed by atoms with Gasteiger partial charge in [-0.1, -0.05) is 43.9 Å². The second kappa shape index (κ2) is 3.26. The Labute approximate surface area is 61.9 Å². The minimum absolute atomic E-state index is 0.835. The summed E-state index contributed by atoms with van der Waals surface area (Å²) >= 11 is 5.66. The Balaban J connectivity index is 2.19. The van der Waals surface area contributed by atoms with Gasteiger partial charge >= 0.3 is 0 Å². The van der Waals surface area contributed by atoms with Gasteiger partial charge in [-0.2, -0.15) is 0 Å². The fourth-order valence-electron chi connectivity index (χ4n) is 1.53. The number of rotatable bonds is 2. The Bertz CT molecular complexity index is 101. The van der Waals surface area contributed by atoms with E-state index in [-0.39, 0.29) is 0 Å². The Morgan fingerprint density at radius 2 is 2.00 bits per heavy atom. The van der Waals surface area contributed by atoms with Crippen LogP contribution in [0.5, 0.6) is 0 Å². The zero-order valence-electron chi connectivity index (χ0n) is 5.70. The van der Waals surface area contributed by atoms with Crippen molar-refractivity contribution in [2.45, 2.75) is 32.1 Å².